The average Bonchev–Trinajstić information content (AvgIpc) is 2.73. The van der Waals surface area contributed by atoms with Gasteiger partial charge in [0.15, 0.2) is 6.10 Å². The molecule has 0 heterocycles. The van der Waals surface area contributed by atoms with E-state index in [-0.39, 0.29) is 11.9 Å². The van der Waals surface area contributed by atoms with Crippen LogP contribution in [0.2, 0.25) is 0 Å². The Morgan fingerprint density at radius 1 is 1.03 bits per heavy atom. The molecule has 2 aromatic rings. The van der Waals surface area contributed by atoms with Crippen LogP contribution < -0.4 is 10.1 Å². The lowest BCUT2D eigenvalue weighted by molar-refractivity contribution is -0.122. The van der Waals surface area contributed by atoms with Crippen molar-refractivity contribution in [3.05, 3.63) is 58.7 Å². The minimum absolute atomic E-state index is 0.197. The molecular weight excluding hydrogens is 366 g/mol. The van der Waals surface area contributed by atoms with Crippen molar-refractivity contribution in [3.63, 3.8) is 0 Å². The number of fused-ring (bicyclic) bond motifs is 1. The van der Waals surface area contributed by atoms with Gasteiger partial charge in [0.2, 0.25) is 0 Å². The van der Waals surface area contributed by atoms with Gasteiger partial charge >= 0.3 is 5.97 Å². The Morgan fingerprint density at radius 3 is 2.48 bits per heavy atom. The van der Waals surface area contributed by atoms with E-state index in [2.05, 4.69) is 17.4 Å². The van der Waals surface area contributed by atoms with Crippen LogP contribution in [0.1, 0.15) is 60.2 Å². The van der Waals surface area contributed by atoms with Gasteiger partial charge in [-0.3, -0.25) is 4.79 Å². The van der Waals surface area contributed by atoms with Crippen LogP contribution in [0.15, 0.2) is 36.4 Å². The summed E-state index contributed by atoms with van der Waals surface area (Å²) in [6, 6.07) is 11.3. The molecule has 0 saturated heterocycles. The van der Waals surface area contributed by atoms with Crippen LogP contribution in [0, 0.1) is 6.92 Å². The molecule has 0 aliphatic heterocycles. The molecule has 0 fully saturated rings. The number of amides is 1. The third-order valence-corrected chi connectivity index (χ3v) is 5.26. The lowest BCUT2D eigenvalue weighted by Crippen LogP contribution is -2.32. The Balaban J connectivity index is 1.67. The van der Waals surface area contributed by atoms with Gasteiger partial charge in [-0.05, 0) is 93.0 Å². The van der Waals surface area contributed by atoms with Crippen molar-refractivity contribution in [1.82, 2.24) is 0 Å². The Kier molecular flexibility index (Phi) is 6.91. The summed E-state index contributed by atoms with van der Waals surface area (Å²) in [5, 5.41) is 2.93. The van der Waals surface area contributed by atoms with Crippen LogP contribution in [0.4, 0.5) is 5.69 Å². The molecule has 1 N–H and O–H groups in total. The quantitative estimate of drug-likeness (QED) is 0.681. The van der Waals surface area contributed by atoms with Crippen LogP contribution >= 0.6 is 0 Å². The fourth-order valence-electron chi connectivity index (χ4n) is 3.63. The molecule has 5 nitrogen and oxygen atoms in total. The van der Waals surface area contributed by atoms with Gasteiger partial charge in [-0.2, -0.15) is 0 Å². The third-order valence-electron chi connectivity index (χ3n) is 5.26. The van der Waals surface area contributed by atoms with E-state index in [9.17, 15) is 9.59 Å². The van der Waals surface area contributed by atoms with Gasteiger partial charge in [-0.1, -0.05) is 13.0 Å². The Morgan fingerprint density at radius 2 is 1.79 bits per heavy atom. The summed E-state index contributed by atoms with van der Waals surface area (Å²) in [6.07, 6.45) is 4.61. The van der Waals surface area contributed by atoms with Crippen molar-refractivity contribution < 1.29 is 19.1 Å². The maximum absolute atomic E-state index is 12.8. The van der Waals surface area contributed by atoms with E-state index in [0.29, 0.717) is 24.3 Å². The highest BCUT2D eigenvalue weighted by atomic mass is 16.5. The molecule has 1 atom stereocenters. The summed E-state index contributed by atoms with van der Waals surface area (Å²) in [5.41, 5.74) is 4.65. The number of benzene rings is 2. The monoisotopic (exact) mass is 395 g/mol. The summed E-state index contributed by atoms with van der Waals surface area (Å²) in [4.78, 5) is 24.6. The molecule has 2 aromatic carbocycles. The number of esters is 1. The van der Waals surface area contributed by atoms with E-state index in [1.807, 2.05) is 19.9 Å². The molecule has 1 aliphatic rings. The van der Waals surface area contributed by atoms with Gasteiger partial charge in [-0.15, -0.1) is 0 Å². The van der Waals surface area contributed by atoms with Gasteiger partial charge in [0.1, 0.15) is 5.75 Å². The number of anilines is 1. The first-order valence-corrected chi connectivity index (χ1v) is 10.4. The summed E-state index contributed by atoms with van der Waals surface area (Å²) in [5.74, 6) is 0.176. The van der Waals surface area contributed by atoms with Gasteiger partial charge < -0.3 is 14.8 Å². The fraction of sp³-hybridized carbons (Fsp3) is 0.417. The zero-order chi connectivity index (χ0) is 20.8. The SMILES string of the molecule is CCOC(=O)c1ccc(NC(=O)[C@@H](CC)Oc2ccc3c(c2)CCCC3)c(C)c1. The molecule has 0 saturated carbocycles. The van der Waals surface area contributed by atoms with Crippen LogP contribution in [-0.4, -0.2) is 24.6 Å². The fourth-order valence-corrected chi connectivity index (χ4v) is 3.63. The van der Waals surface area contributed by atoms with E-state index >= 15 is 0 Å². The molecule has 0 aromatic heterocycles. The number of hydrogen-bond acceptors (Lipinski definition) is 4. The van der Waals surface area contributed by atoms with E-state index in [1.165, 1.54) is 24.0 Å². The number of carbonyl (C=O) groups excluding carboxylic acids is 2. The minimum Gasteiger partial charge on any atom is -0.481 e. The number of aryl methyl sites for hydroxylation is 3. The standard InChI is InChI=1S/C24H29NO4/c1-4-22(29-20-12-10-17-8-6-7-9-18(17)15-20)23(26)25-21-13-11-19(14-16(21)3)24(27)28-5-2/h10-15,22H,4-9H2,1-3H3,(H,25,26)/t22-/m1/s1. The number of hydrogen-bond donors (Lipinski definition) is 1. The number of nitrogens with one attached hydrogen (secondary N) is 1. The van der Waals surface area contributed by atoms with Crippen molar-refractivity contribution in [1.29, 1.82) is 0 Å². The minimum atomic E-state index is -0.583. The average molecular weight is 395 g/mol. The Labute approximate surface area is 172 Å². The van der Waals surface area contributed by atoms with Gasteiger partial charge in [0.05, 0.1) is 12.2 Å². The van der Waals surface area contributed by atoms with Crippen LogP contribution in [0.5, 0.6) is 5.75 Å². The molecule has 154 valence electrons. The second kappa shape index (κ2) is 9.59. The number of ether oxygens (including phenoxy) is 2. The van der Waals surface area contributed by atoms with Crippen molar-refractivity contribution >= 4 is 17.6 Å². The van der Waals surface area contributed by atoms with E-state index < -0.39 is 6.10 Å². The molecule has 1 aliphatic carbocycles. The maximum atomic E-state index is 12.8. The lowest BCUT2D eigenvalue weighted by atomic mass is 9.92. The highest BCUT2D eigenvalue weighted by molar-refractivity contribution is 5.96. The summed E-state index contributed by atoms with van der Waals surface area (Å²) >= 11 is 0. The van der Waals surface area contributed by atoms with Crippen molar-refractivity contribution in [2.75, 3.05) is 11.9 Å². The molecule has 0 radical (unpaired) electrons. The highest BCUT2D eigenvalue weighted by Crippen LogP contribution is 2.26. The molecular formula is C24H29NO4. The van der Waals surface area contributed by atoms with Crippen LogP contribution in [0.3, 0.4) is 0 Å². The van der Waals surface area contributed by atoms with Gasteiger partial charge in [-0.25, -0.2) is 4.79 Å². The Hall–Kier alpha value is -2.82. The summed E-state index contributed by atoms with van der Waals surface area (Å²) < 4.78 is 11.0. The summed E-state index contributed by atoms with van der Waals surface area (Å²) in [7, 11) is 0. The number of carbonyl (C=O) groups is 2. The number of rotatable bonds is 7. The van der Waals surface area contributed by atoms with Crippen LogP contribution in [0.25, 0.3) is 0 Å². The van der Waals surface area contributed by atoms with E-state index in [4.69, 9.17) is 9.47 Å². The largest absolute Gasteiger partial charge is 0.481 e. The molecule has 0 spiro atoms. The van der Waals surface area contributed by atoms with Crippen molar-refractivity contribution in [2.45, 2.75) is 59.0 Å². The first-order valence-electron chi connectivity index (χ1n) is 10.4. The Bertz CT molecular complexity index is 890. The van der Waals surface area contributed by atoms with Gasteiger partial charge in [0.25, 0.3) is 5.91 Å². The molecule has 29 heavy (non-hydrogen) atoms. The molecule has 0 bridgehead atoms. The second-order valence-corrected chi connectivity index (χ2v) is 7.39. The van der Waals surface area contributed by atoms with E-state index in [0.717, 1.165) is 24.2 Å². The molecule has 3 rings (SSSR count). The third kappa shape index (κ3) is 5.17. The first kappa shape index (κ1) is 20.9. The summed E-state index contributed by atoms with van der Waals surface area (Å²) in [6.45, 7) is 5.88. The molecule has 1 amide bonds. The van der Waals surface area contributed by atoms with Crippen LogP contribution in [-0.2, 0) is 22.4 Å². The topological polar surface area (TPSA) is 64.6 Å². The predicted molar refractivity (Wildman–Crippen MR) is 114 cm³/mol. The second-order valence-electron chi connectivity index (χ2n) is 7.39. The van der Waals surface area contributed by atoms with Gasteiger partial charge in [0, 0.05) is 5.69 Å². The van der Waals surface area contributed by atoms with E-state index in [1.54, 1.807) is 25.1 Å². The maximum Gasteiger partial charge on any atom is 0.338 e. The zero-order valence-corrected chi connectivity index (χ0v) is 17.4. The zero-order valence-electron chi connectivity index (χ0n) is 17.4. The van der Waals surface area contributed by atoms with Crippen molar-refractivity contribution in [3.8, 4) is 5.75 Å². The molecule has 0 unspecified atom stereocenters. The predicted octanol–water partition coefficient (Wildman–Crippen LogP) is 4.85. The highest BCUT2D eigenvalue weighted by Gasteiger charge is 2.20. The first-order chi connectivity index (χ1) is 14.0. The normalized spacial score (nSPS) is 13.9. The lowest BCUT2D eigenvalue weighted by Gasteiger charge is -2.21. The van der Waals surface area contributed by atoms with Crippen molar-refractivity contribution in [2.24, 2.45) is 0 Å². The smallest absolute Gasteiger partial charge is 0.338 e. The molecule has 5 heteroatoms.